The highest BCUT2D eigenvalue weighted by atomic mass is 31.2. The number of unbranched alkanes of at least 4 members (excludes halogenated alkanes) is 20. The van der Waals surface area contributed by atoms with Crippen molar-refractivity contribution in [2.75, 3.05) is 13.2 Å². The van der Waals surface area contributed by atoms with Crippen LogP contribution in [0.2, 0.25) is 0 Å². The Hall–Kier alpha value is -0.690. The second-order valence-corrected chi connectivity index (χ2v) is 15.3. The Balaban J connectivity index is 0.00000213. The zero-order chi connectivity index (χ0) is 35.0. The van der Waals surface area contributed by atoms with Crippen LogP contribution < -0.4 is 0 Å². The number of hydrogen-bond donors (Lipinski definition) is 3. The molecule has 8 heteroatoms. The molecule has 2 heterocycles. The monoisotopic (exact) mass is 701 g/mol. The molecule has 284 valence electrons. The van der Waals surface area contributed by atoms with Crippen LogP contribution in [-0.4, -0.2) is 40.1 Å². The Kier molecular flexibility index (Phi) is 30.4. The molecular weight excluding hydrogens is 623 g/mol. The zero-order valence-electron chi connectivity index (χ0n) is 31.4. The molecule has 2 fully saturated rings. The first-order chi connectivity index (χ1) is 23.3. The van der Waals surface area contributed by atoms with Gasteiger partial charge in [0.25, 0.3) is 0 Å². The Bertz CT molecular complexity index is 752. The highest BCUT2D eigenvalue weighted by Crippen LogP contribution is 2.26. The van der Waals surface area contributed by atoms with E-state index >= 15 is 0 Å². The third kappa shape index (κ3) is 31.3. The lowest BCUT2D eigenvalue weighted by Crippen LogP contribution is -2.26. The molecule has 48 heavy (non-hydrogen) atoms. The summed E-state index contributed by atoms with van der Waals surface area (Å²) in [6.45, 7) is 6.60. The van der Waals surface area contributed by atoms with E-state index in [9.17, 15) is 0 Å². The molecule has 0 saturated carbocycles. The van der Waals surface area contributed by atoms with Crippen molar-refractivity contribution >= 4 is 7.82 Å². The van der Waals surface area contributed by atoms with Crippen LogP contribution in [0.1, 0.15) is 206 Å². The van der Waals surface area contributed by atoms with E-state index in [0.29, 0.717) is 12.2 Å². The van der Waals surface area contributed by atoms with Gasteiger partial charge in [0.05, 0.1) is 23.7 Å². The lowest BCUT2D eigenvalue weighted by atomic mass is 10.0. The van der Waals surface area contributed by atoms with Crippen molar-refractivity contribution in [3.63, 3.8) is 0 Å². The number of allylic oxidation sites excluding steroid dienone is 4. The number of ether oxygens (including phenoxy) is 3. The highest BCUT2D eigenvalue weighted by molar-refractivity contribution is 7.45. The average Bonchev–Trinajstić information content (AvgIpc) is 2.99. The molecule has 0 aliphatic carbocycles. The zero-order valence-corrected chi connectivity index (χ0v) is 32.3. The molecule has 2 rings (SSSR count). The smallest absolute Gasteiger partial charge is 0.466 e. The summed E-state index contributed by atoms with van der Waals surface area (Å²) >= 11 is 0. The molecule has 0 radical (unpaired) electrons. The molecule has 0 spiro atoms. The van der Waals surface area contributed by atoms with Gasteiger partial charge >= 0.3 is 7.82 Å². The fraction of sp³-hybridized carbons (Fsp3) is 0.900. The Morgan fingerprint density at radius 3 is 1.21 bits per heavy atom. The van der Waals surface area contributed by atoms with Gasteiger partial charge in [-0.3, -0.25) is 0 Å². The number of phosphoric acid groups is 1. The maximum Gasteiger partial charge on any atom is 0.466 e. The van der Waals surface area contributed by atoms with Gasteiger partial charge in [0, 0.05) is 26.1 Å². The second-order valence-electron chi connectivity index (χ2n) is 14.2. The van der Waals surface area contributed by atoms with Gasteiger partial charge in [0.2, 0.25) is 0 Å². The van der Waals surface area contributed by atoms with Gasteiger partial charge in [-0.05, 0) is 76.4 Å². The van der Waals surface area contributed by atoms with E-state index in [1.165, 1.54) is 191 Å². The first kappa shape index (κ1) is 45.3. The molecule has 2 atom stereocenters. The molecule has 0 aromatic heterocycles. The van der Waals surface area contributed by atoms with Gasteiger partial charge in [-0.25, -0.2) is 4.57 Å². The normalized spacial score (nSPS) is 18.2. The van der Waals surface area contributed by atoms with Crippen LogP contribution >= 0.6 is 7.82 Å². The van der Waals surface area contributed by atoms with Crippen LogP contribution in [0.5, 0.6) is 0 Å². The van der Waals surface area contributed by atoms with Crippen molar-refractivity contribution in [3.05, 3.63) is 23.7 Å². The van der Waals surface area contributed by atoms with Crippen molar-refractivity contribution in [2.45, 2.75) is 219 Å². The van der Waals surface area contributed by atoms with Crippen molar-refractivity contribution in [3.8, 4) is 0 Å². The standard InChI is InChI=1S/C40H74O3.H3O4P/c1-3-5-7-9-15-23-29-39(31-25-19-13-11-17-21-27-37-33-35-41-37)43-40(30-24-16-10-8-6-4-2)32-26-20-14-12-18-22-28-38-34-36-42-38;1-5(2,3)4/h31-32,37-38H,3-30,33-36H2,1-2H3;(H3,1,2,3,4)/b39-31-,40-32-;. The quantitative estimate of drug-likeness (QED) is 0.0364. The highest BCUT2D eigenvalue weighted by Gasteiger charge is 2.17. The third-order valence-corrected chi connectivity index (χ3v) is 9.61. The van der Waals surface area contributed by atoms with Gasteiger partial charge in [-0.15, -0.1) is 0 Å². The van der Waals surface area contributed by atoms with Gasteiger partial charge in [0.15, 0.2) is 0 Å². The lowest BCUT2D eigenvalue weighted by molar-refractivity contribution is -0.0557. The van der Waals surface area contributed by atoms with Crippen LogP contribution in [0, 0.1) is 0 Å². The molecule has 3 N–H and O–H groups in total. The minimum absolute atomic E-state index is 0.584. The molecule has 7 nitrogen and oxygen atoms in total. The average molecular weight is 701 g/mol. The minimum atomic E-state index is -4.64. The van der Waals surface area contributed by atoms with Gasteiger partial charge in [-0.1, -0.05) is 129 Å². The van der Waals surface area contributed by atoms with Gasteiger partial charge < -0.3 is 28.9 Å². The van der Waals surface area contributed by atoms with Crippen molar-refractivity contribution in [1.82, 2.24) is 0 Å². The fourth-order valence-corrected chi connectivity index (χ4v) is 6.36. The van der Waals surface area contributed by atoms with E-state index in [1.54, 1.807) is 0 Å². The summed E-state index contributed by atoms with van der Waals surface area (Å²) in [7, 11) is -4.64. The Morgan fingerprint density at radius 1 is 0.562 bits per heavy atom. The molecule has 0 aromatic rings. The summed E-state index contributed by atoms with van der Waals surface area (Å²) in [4.78, 5) is 21.6. The SMILES string of the molecule is CCCCCCCC/C(=C/CCCCCCCC1CCO1)O/C(=C\CCCCCCCC1CCO1)CCCCCCCC.O=P(O)(O)O. The minimum Gasteiger partial charge on any atom is -0.467 e. The molecule has 2 aliphatic heterocycles. The fourth-order valence-electron chi connectivity index (χ4n) is 6.36. The van der Waals surface area contributed by atoms with E-state index in [-0.39, 0.29) is 0 Å². The largest absolute Gasteiger partial charge is 0.467 e. The molecule has 0 amide bonds. The lowest BCUT2D eigenvalue weighted by Gasteiger charge is -2.26. The van der Waals surface area contributed by atoms with Crippen LogP contribution in [0.25, 0.3) is 0 Å². The van der Waals surface area contributed by atoms with E-state index in [0.717, 1.165) is 26.1 Å². The summed E-state index contributed by atoms with van der Waals surface area (Å²) in [6, 6.07) is 0. The number of rotatable bonds is 32. The molecule has 2 aliphatic rings. The topological polar surface area (TPSA) is 105 Å². The van der Waals surface area contributed by atoms with E-state index < -0.39 is 7.82 Å². The maximum atomic E-state index is 8.88. The van der Waals surface area contributed by atoms with Crippen molar-refractivity contribution < 1.29 is 33.5 Å². The third-order valence-electron chi connectivity index (χ3n) is 9.61. The molecule has 0 aromatic carbocycles. The Morgan fingerprint density at radius 2 is 0.875 bits per heavy atom. The molecule has 0 bridgehead atoms. The summed E-state index contributed by atoms with van der Waals surface area (Å²) in [5, 5.41) is 0. The first-order valence-corrected chi connectivity index (χ1v) is 22.0. The second kappa shape index (κ2) is 32.2. The summed E-state index contributed by atoms with van der Waals surface area (Å²) in [6.07, 6.45) is 45.4. The van der Waals surface area contributed by atoms with Crippen LogP contribution in [0.3, 0.4) is 0 Å². The predicted octanol–water partition coefficient (Wildman–Crippen LogP) is 12.4. The van der Waals surface area contributed by atoms with E-state index in [1.807, 2.05) is 0 Å². The van der Waals surface area contributed by atoms with Crippen LogP contribution in [0.15, 0.2) is 23.7 Å². The summed E-state index contributed by atoms with van der Waals surface area (Å²) in [5.74, 6) is 2.54. The van der Waals surface area contributed by atoms with Crippen molar-refractivity contribution in [2.24, 2.45) is 0 Å². The van der Waals surface area contributed by atoms with E-state index in [4.69, 9.17) is 33.5 Å². The summed E-state index contributed by atoms with van der Waals surface area (Å²) in [5.41, 5.74) is 0. The van der Waals surface area contributed by atoms with Crippen LogP contribution in [0.4, 0.5) is 0 Å². The molecular formula is C40H77O7P. The molecule has 2 saturated heterocycles. The maximum absolute atomic E-state index is 8.88. The summed E-state index contributed by atoms with van der Waals surface area (Å²) < 4.78 is 26.8. The van der Waals surface area contributed by atoms with Crippen molar-refractivity contribution in [1.29, 1.82) is 0 Å². The van der Waals surface area contributed by atoms with Gasteiger partial charge in [0.1, 0.15) is 0 Å². The molecule has 2 unspecified atom stereocenters. The predicted molar refractivity (Wildman–Crippen MR) is 201 cm³/mol. The van der Waals surface area contributed by atoms with Crippen LogP contribution in [-0.2, 0) is 18.8 Å². The van der Waals surface area contributed by atoms with Gasteiger partial charge in [-0.2, -0.15) is 0 Å². The first-order valence-electron chi connectivity index (χ1n) is 20.4. The van der Waals surface area contributed by atoms with E-state index in [2.05, 4.69) is 26.0 Å². The number of hydrogen-bond acceptors (Lipinski definition) is 4. The Labute approximate surface area is 296 Å².